The lowest BCUT2D eigenvalue weighted by Gasteiger charge is -2.56. The van der Waals surface area contributed by atoms with Crippen LogP contribution >= 0.6 is 0 Å². The van der Waals surface area contributed by atoms with E-state index in [1.807, 2.05) is 0 Å². The van der Waals surface area contributed by atoms with Crippen LogP contribution in [0.2, 0.25) is 39.3 Å². The number of hydrogen-bond acceptors (Lipinski definition) is 2. The van der Waals surface area contributed by atoms with Crippen LogP contribution in [-0.4, -0.2) is 16.6 Å². The van der Waals surface area contributed by atoms with E-state index in [2.05, 4.69) is 71.4 Å². The predicted octanol–water partition coefficient (Wildman–Crippen LogP) is 7.64. The van der Waals surface area contributed by atoms with Gasteiger partial charge in [0.1, 0.15) is 0 Å². The molecule has 5 unspecified atom stereocenters. The van der Waals surface area contributed by atoms with Gasteiger partial charge in [0.15, 0.2) is 0 Å². The third-order valence-corrected chi connectivity index (χ3v) is 9.80. The number of hydrogen-bond donors (Lipinski definition) is 0. The largest absolute Gasteiger partial charge is 0.547 e. The summed E-state index contributed by atoms with van der Waals surface area (Å²) in [6, 6.07) is 0. The molecule has 0 amide bonds. The summed E-state index contributed by atoms with van der Waals surface area (Å²) < 4.78 is 13.0. The van der Waals surface area contributed by atoms with Crippen LogP contribution in [-0.2, 0) is 8.85 Å². The van der Waals surface area contributed by atoms with Gasteiger partial charge in [0, 0.05) is 11.8 Å². The van der Waals surface area contributed by atoms with E-state index in [4.69, 9.17) is 8.85 Å². The van der Waals surface area contributed by atoms with Crippen molar-refractivity contribution in [2.24, 2.45) is 28.6 Å². The summed E-state index contributed by atoms with van der Waals surface area (Å²) in [6.07, 6.45) is 14.9. The molecule has 4 rings (SSSR count). The van der Waals surface area contributed by atoms with Gasteiger partial charge in [0.25, 0.3) is 0 Å². The SMILES string of the molecule is CC12CCC(O[Si](C)(C)C)=CC1=CCC1C2CCC2(C)C(O[Si](C)(C)C)=CCC12. The quantitative estimate of drug-likeness (QED) is 0.427. The molecule has 4 aliphatic rings. The molecule has 5 atom stereocenters. The van der Waals surface area contributed by atoms with E-state index < -0.39 is 16.6 Å². The summed E-state index contributed by atoms with van der Waals surface area (Å²) in [6.45, 7) is 18.9. The zero-order valence-electron chi connectivity index (χ0n) is 20.0. The Kier molecular flexibility index (Phi) is 5.10. The maximum Gasteiger partial charge on any atom is 0.241 e. The number of rotatable bonds is 4. The highest BCUT2D eigenvalue weighted by Gasteiger charge is 2.57. The third kappa shape index (κ3) is 3.84. The molecule has 0 aromatic heterocycles. The average molecular weight is 431 g/mol. The van der Waals surface area contributed by atoms with Crippen LogP contribution in [0.4, 0.5) is 0 Å². The highest BCUT2D eigenvalue weighted by Crippen LogP contribution is 2.65. The topological polar surface area (TPSA) is 18.5 Å². The van der Waals surface area contributed by atoms with Gasteiger partial charge in [-0.2, -0.15) is 0 Å². The second kappa shape index (κ2) is 6.88. The van der Waals surface area contributed by atoms with E-state index >= 15 is 0 Å². The average Bonchev–Trinajstić information content (AvgIpc) is 2.89. The Hall–Kier alpha value is -0.746. The van der Waals surface area contributed by atoms with E-state index in [0.717, 1.165) is 24.2 Å². The summed E-state index contributed by atoms with van der Waals surface area (Å²) in [5, 5.41) is 0. The number of fused-ring (bicyclic) bond motifs is 5. The molecule has 1 saturated carbocycles. The molecule has 4 aliphatic carbocycles. The van der Waals surface area contributed by atoms with Gasteiger partial charge in [-0.25, -0.2) is 0 Å². The van der Waals surface area contributed by atoms with Crippen molar-refractivity contribution in [2.45, 2.75) is 91.7 Å². The van der Waals surface area contributed by atoms with Gasteiger partial charge >= 0.3 is 0 Å². The van der Waals surface area contributed by atoms with E-state index in [1.165, 1.54) is 43.6 Å². The van der Waals surface area contributed by atoms with Gasteiger partial charge in [-0.3, -0.25) is 0 Å². The lowest BCUT2D eigenvalue weighted by molar-refractivity contribution is -0.0225. The molecule has 0 aromatic carbocycles. The molecule has 0 aromatic rings. The molecule has 0 N–H and O–H groups in total. The smallest absolute Gasteiger partial charge is 0.241 e. The van der Waals surface area contributed by atoms with Gasteiger partial charge in [-0.1, -0.05) is 19.9 Å². The molecule has 4 heteroatoms. The molecule has 0 spiro atoms. The Balaban J connectivity index is 1.58. The minimum atomic E-state index is -1.56. The maximum absolute atomic E-state index is 6.61. The molecular weight excluding hydrogens is 388 g/mol. The van der Waals surface area contributed by atoms with Crippen LogP contribution in [0.25, 0.3) is 0 Å². The van der Waals surface area contributed by atoms with Crippen LogP contribution in [0.3, 0.4) is 0 Å². The standard InChI is InChI=1S/C25H42O2Si2/c1-24-15-13-19(26-28(3,4)5)17-18(24)9-10-20-21-11-12-23(27-29(6,7)8)25(21,2)16-14-22(20)24/h9,12,17,20-22H,10-11,13-16H2,1-8H3. The van der Waals surface area contributed by atoms with Crippen molar-refractivity contribution < 1.29 is 8.85 Å². The van der Waals surface area contributed by atoms with E-state index in [9.17, 15) is 0 Å². The molecule has 0 heterocycles. The summed E-state index contributed by atoms with van der Waals surface area (Å²) in [7, 11) is -3.09. The van der Waals surface area contributed by atoms with Crippen LogP contribution in [0.1, 0.15) is 52.4 Å². The fourth-order valence-electron chi connectivity index (χ4n) is 6.79. The first kappa shape index (κ1) is 21.5. The van der Waals surface area contributed by atoms with E-state index in [1.54, 1.807) is 5.57 Å². The Morgan fingerprint density at radius 1 is 0.828 bits per heavy atom. The highest BCUT2D eigenvalue weighted by molar-refractivity contribution is 6.70. The molecule has 1 fully saturated rings. The van der Waals surface area contributed by atoms with Gasteiger partial charge < -0.3 is 8.85 Å². The second-order valence-electron chi connectivity index (χ2n) is 12.5. The predicted molar refractivity (Wildman–Crippen MR) is 127 cm³/mol. The van der Waals surface area contributed by atoms with Crippen molar-refractivity contribution in [3.05, 3.63) is 35.3 Å². The minimum Gasteiger partial charge on any atom is -0.547 e. The number of allylic oxidation sites excluding steroid dienone is 6. The summed E-state index contributed by atoms with van der Waals surface area (Å²) in [5.41, 5.74) is 2.17. The summed E-state index contributed by atoms with van der Waals surface area (Å²) >= 11 is 0. The van der Waals surface area contributed by atoms with Gasteiger partial charge in [-0.05, 0) is 112 Å². The van der Waals surface area contributed by atoms with E-state index in [0.29, 0.717) is 5.41 Å². The second-order valence-corrected chi connectivity index (χ2v) is 21.3. The van der Waals surface area contributed by atoms with Crippen LogP contribution in [0.15, 0.2) is 35.3 Å². The molecular formula is C25H42O2Si2. The van der Waals surface area contributed by atoms with Crippen molar-refractivity contribution in [1.82, 2.24) is 0 Å². The Morgan fingerprint density at radius 2 is 1.52 bits per heavy atom. The minimum absolute atomic E-state index is 0.264. The fourth-order valence-corrected chi connectivity index (χ4v) is 8.71. The molecule has 0 radical (unpaired) electrons. The van der Waals surface area contributed by atoms with Crippen molar-refractivity contribution in [2.75, 3.05) is 0 Å². The first-order valence-electron chi connectivity index (χ1n) is 11.8. The third-order valence-electron chi connectivity index (χ3n) is 8.10. The Labute approximate surface area is 181 Å². The lowest BCUT2D eigenvalue weighted by Crippen LogP contribution is -2.49. The fraction of sp³-hybridized carbons (Fsp3) is 0.760. The van der Waals surface area contributed by atoms with Crippen LogP contribution < -0.4 is 0 Å². The first-order valence-corrected chi connectivity index (χ1v) is 18.6. The first-order chi connectivity index (χ1) is 13.3. The van der Waals surface area contributed by atoms with Crippen LogP contribution in [0.5, 0.6) is 0 Å². The molecule has 2 nitrogen and oxygen atoms in total. The summed E-state index contributed by atoms with van der Waals surface area (Å²) in [4.78, 5) is 0. The molecule has 0 saturated heterocycles. The monoisotopic (exact) mass is 430 g/mol. The zero-order chi connectivity index (χ0) is 21.2. The molecule has 29 heavy (non-hydrogen) atoms. The van der Waals surface area contributed by atoms with Crippen LogP contribution in [0, 0.1) is 28.6 Å². The van der Waals surface area contributed by atoms with Crippen molar-refractivity contribution in [3.63, 3.8) is 0 Å². The molecule has 0 bridgehead atoms. The van der Waals surface area contributed by atoms with Gasteiger partial charge in [-0.15, -0.1) is 0 Å². The van der Waals surface area contributed by atoms with Gasteiger partial charge in [0.2, 0.25) is 16.6 Å². The van der Waals surface area contributed by atoms with Crippen molar-refractivity contribution >= 4 is 16.6 Å². The maximum atomic E-state index is 6.61. The van der Waals surface area contributed by atoms with Crippen molar-refractivity contribution in [1.29, 1.82) is 0 Å². The molecule has 162 valence electrons. The highest BCUT2D eigenvalue weighted by atomic mass is 28.4. The Bertz CT molecular complexity index is 767. The zero-order valence-corrected chi connectivity index (χ0v) is 22.0. The van der Waals surface area contributed by atoms with Gasteiger partial charge in [0.05, 0.1) is 11.5 Å². The molecule has 0 aliphatic heterocycles. The van der Waals surface area contributed by atoms with Crippen molar-refractivity contribution in [3.8, 4) is 0 Å². The lowest BCUT2D eigenvalue weighted by atomic mass is 9.48. The normalized spacial score (nSPS) is 39.4. The summed E-state index contributed by atoms with van der Waals surface area (Å²) in [5.74, 6) is 4.96. The van der Waals surface area contributed by atoms with E-state index in [-0.39, 0.29) is 5.41 Å². The Morgan fingerprint density at radius 3 is 2.17 bits per heavy atom.